The van der Waals surface area contributed by atoms with Crippen molar-refractivity contribution >= 4 is 28.5 Å². The monoisotopic (exact) mass is 352 g/mol. The van der Waals surface area contributed by atoms with Gasteiger partial charge in [-0.3, -0.25) is 9.59 Å². The zero-order valence-electron chi connectivity index (χ0n) is 14.4. The van der Waals surface area contributed by atoms with Crippen LogP contribution in [0.3, 0.4) is 0 Å². The third-order valence-corrected chi connectivity index (χ3v) is 3.86. The van der Waals surface area contributed by atoms with Crippen LogP contribution < -0.4 is 10.6 Å². The number of nitrogens with zero attached hydrogens (tertiary/aromatic N) is 1. The van der Waals surface area contributed by atoms with Crippen LogP contribution in [-0.2, 0) is 16.0 Å². The van der Waals surface area contributed by atoms with E-state index in [0.29, 0.717) is 35.4 Å². The molecule has 0 aliphatic heterocycles. The molecule has 0 unspecified atom stereocenters. The van der Waals surface area contributed by atoms with E-state index in [4.69, 9.17) is 4.74 Å². The number of H-pyrrole nitrogens is 1. The highest BCUT2D eigenvalue weighted by molar-refractivity contribution is 6.07. The van der Waals surface area contributed by atoms with Gasteiger partial charge in [0.2, 0.25) is 5.91 Å². The first-order valence-electron chi connectivity index (χ1n) is 8.25. The van der Waals surface area contributed by atoms with Crippen LogP contribution >= 0.6 is 0 Å². The highest BCUT2D eigenvalue weighted by Gasteiger charge is 2.13. The Labute approximate surface area is 150 Å². The van der Waals surface area contributed by atoms with E-state index in [2.05, 4.69) is 20.6 Å². The smallest absolute Gasteiger partial charge is 0.253 e. The van der Waals surface area contributed by atoms with Crippen LogP contribution in [0.15, 0.2) is 48.8 Å². The maximum Gasteiger partial charge on any atom is 0.253 e. The normalized spacial score (nSPS) is 10.7. The average molecular weight is 352 g/mol. The molecule has 3 N–H and O–H groups in total. The molecule has 3 aromatic rings. The fourth-order valence-electron chi connectivity index (χ4n) is 2.61. The molecule has 1 aromatic carbocycles. The molecule has 0 bridgehead atoms. The predicted molar refractivity (Wildman–Crippen MR) is 99.1 cm³/mol. The molecule has 0 spiro atoms. The van der Waals surface area contributed by atoms with Gasteiger partial charge in [-0.15, -0.1) is 0 Å². The second-order valence-corrected chi connectivity index (χ2v) is 5.78. The lowest BCUT2D eigenvalue weighted by Crippen LogP contribution is -2.26. The van der Waals surface area contributed by atoms with Gasteiger partial charge in [0.05, 0.1) is 30.5 Å². The average Bonchev–Trinajstić information content (AvgIpc) is 3.06. The van der Waals surface area contributed by atoms with Crippen LogP contribution in [0.4, 0.5) is 5.69 Å². The Morgan fingerprint density at radius 2 is 2.04 bits per heavy atom. The Bertz CT molecular complexity index is 906. The highest BCUT2D eigenvalue weighted by Crippen LogP contribution is 2.20. The van der Waals surface area contributed by atoms with E-state index in [1.807, 2.05) is 30.3 Å². The fraction of sp³-hybridized carbons (Fsp3) is 0.211. The van der Waals surface area contributed by atoms with Crippen molar-refractivity contribution in [1.29, 1.82) is 0 Å². The van der Waals surface area contributed by atoms with Gasteiger partial charge in [0.25, 0.3) is 5.91 Å². The summed E-state index contributed by atoms with van der Waals surface area (Å²) in [7, 11) is 1.58. The number of hydrogen-bond acceptors (Lipinski definition) is 4. The van der Waals surface area contributed by atoms with Crippen molar-refractivity contribution in [2.24, 2.45) is 0 Å². The number of benzene rings is 1. The second kappa shape index (κ2) is 8.26. The standard InChI is InChI=1S/C19H20N4O3/c1-26-8-7-20-19(25)16-12-22-18-15(16)10-14(11-21-18)23-17(24)9-13-5-3-2-4-6-13/h2-6,10-12H,7-9H2,1H3,(H,20,25)(H,21,22)(H,23,24). The quantitative estimate of drug-likeness (QED) is 0.568. The lowest BCUT2D eigenvalue weighted by molar-refractivity contribution is -0.115. The molecule has 0 aliphatic rings. The highest BCUT2D eigenvalue weighted by atomic mass is 16.5. The zero-order valence-corrected chi connectivity index (χ0v) is 14.4. The van der Waals surface area contributed by atoms with Gasteiger partial charge in [0.15, 0.2) is 0 Å². The summed E-state index contributed by atoms with van der Waals surface area (Å²) < 4.78 is 4.93. The van der Waals surface area contributed by atoms with Gasteiger partial charge in [-0.05, 0) is 11.6 Å². The minimum Gasteiger partial charge on any atom is -0.383 e. The van der Waals surface area contributed by atoms with Gasteiger partial charge in [-0.2, -0.15) is 0 Å². The van der Waals surface area contributed by atoms with E-state index in [-0.39, 0.29) is 18.2 Å². The van der Waals surface area contributed by atoms with E-state index in [1.165, 1.54) is 0 Å². The molecule has 0 saturated carbocycles. The number of carbonyl (C=O) groups is 2. The molecule has 0 fully saturated rings. The first-order valence-corrected chi connectivity index (χ1v) is 8.25. The summed E-state index contributed by atoms with van der Waals surface area (Å²) in [5.74, 6) is -0.359. The van der Waals surface area contributed by atoms with Gasteiger partial charge in [-0.25, -0.2) is 4.98 Å². The number of fused-ring (bicyclic) bond motifs is 1. The maximum absolute atomic E-state index is 12.3. The predicted octanol–water partition coefficient (Wildman–Crippen LogP) is 2.12. The molecular weight excluding hydrogens is 332 g/mol. The van der Waals surface area contributed by atoms with Crippen molar-refractivity contribution in [3.63, 3.8) is 0 Å². The number of ether oxygens (including phenoxy) is 1. The zero-order chi connectivity index (χ0) is 18.4. The molecular formula is C19H20N4O3. The second-order valence-electron chi connectivity index (χ2n) is 5.78. The fourth-order valence-corrected chi connectivity index (χ4v) is 2.61. The largest absolute Gasteiger partial charge is 0.383 e. The molecule has 0 aliphatic carbocycles. The number of amides is 2. The number of methoxy groups -OCH3 is 1. The number of carbonyl (C=O) groups excluding carboxylic acids is 2. The molecule has 2 heterocycles. The van der Waals surface area contributed by atoms with Gasteiger partial charge >= 0.3 is 0 Å². The van der Waals surface area contributed by atoms with Gasteiger partial charge < -0.3 is 20.4 Å². The summed E-state index contributed by atoms with van der Waals surface area (Å²) in [5, 5.41) is 6.25. The molecule has 2 aromatic heterocycles. The summed E-state index contributed by atoms with van der Waals surface area (Å²) in [6.45, 7) is 0.857. The third kappa shape index (κ3) is 4.25. The number of rotatable bonds is 7. The molecule has 0 atom stereocenters. The minimum absolute atomic E-state index is 0.140. The Balaban J connectivity index is 1.72. The van der Waals surface area contributed by atoms with Crippen molar-refractivity contribution in [3.8, 4) is 0 Å². The molecule has 7 nitrogen and oxygen atoms in total. The van der Waals surface area contributed by atoms with E-state index in [9.17, 15) is 9.59 Å². The van der Waals surface area contributed by atoms with Crippen LogP contribution in [-0.4, -0.2) is 42.0 Å². The Kier molecular flexibility index (Phi) is 5.60. The van der Waals surface area contributed by atoms with Gasteiger partial charge in [0, 0.05) is 25.2 Å². The lowest BCUT2D eigenvalue weighted by Gasteiger charge is -2.06. The third-order valence-electron chi connectivity index (χ3n) is 3.86. The SMILES string of the molecule is COCCNC(=O)c1c[nH]c2ncc(NC(=O)Cc3ccccc3)cc12. The lowest BCUT2D eigenvalue weighted by atomic mass is 10.1. The molecule has 26 heavy (non-hydrogen) atoms. The Morgan fingerprint density at radius 3 is 2.81 bits per heavy atom. The van der Waals surface area contributed by atoms with Crippen LogP contribution in [0, 0.1) is 0 Å². The maximum atomic E-state index is 12.3. The van der Waals surface area contributed by atoms with E-state index in [1.54, 1.807) is 25.6 Å². The molecule has 0 radical (unpaired) electrons. The van der Waals surface area contributed by atoms with Gasteiger partial charge in [0.1, 0.15) is 5.65 Å². The first kappa shape index (κ1) is 17.6. The van der Waals surface area contributed by atoms with E-state index in [0.717, 1.165) is 5.56 Å². The number of aromatic amines is 1. The number of pyridine rings is 1. The Hall–Kier alpha value is -3.19. The van der Waals surface area contributed by atoms with E-state index >= 15 is 0 Å². The first-order chi connectivity index (χ1) is 12.7. The summed E-state index contributed by atoms with van der Waals surface area (Å²) in [5.41, 5.74) is 2.54. The van der Waals surface area contributed by atoms with Crippen molar-refractivity contribution in [2.45, 2.75) is 6.42 Å². The van der Waals surface area contributed by atoms with Crippen LogP contribution in [0.5, 0.6) is 0 Å². The van der Waals surface area contributed by atoms with Crippen molar-refractivity contribution < 1.29 is 14.3 Å². The van der Waals surface area contributed by atoms with E-state index < -0.39 is 0 Å². The Morgan fingerprint density at radius 1 is 1.23 bits per heavy atom. The van der Waals surface area contributed by atoms with Crippen molar-refractivity contribution in [1.82, 2.24) is 15.3 Å². The number of anilines is 1. The van der Waals surface area contributed by atoms with Crippen LogP contribution in [0.1, 0.15) is 15.9 Å². The number of aromatic nitrogens is 2. The van der Waals surface area contributed by atoms with Crippen molar-refractivity contribution in [3.05, 3.63) is 59.9 Å². The molecule has 0 saturated heterocycles. The van der Waals surface area contributed by atoms with Gasteiger partial charge in [-0.1, -0.05) is 30.3 Å². The summed E-state index contributed by atoms with van der Waals surface area (Å²) in [6.07, 6.45) is 3.44. The molecule has 7 heteroatoms. The number of hydrogen-bond donors (Lipinski definition) is 3. The summed E-state index contributed by atoms with van der Waals surface area (Å²) in [4.78, 5) is 31.7. The number of nitrogens with one attached hydrogen (secondary N) is 3. The molecule has 2 amide bonds. The minimum atomic E-state index is -0.220. The van der Waals surface area contributed by atoms with Crippen molar-refractivity contribution in [2.75, 3.05) is 25.6 Å². The summed E-state index contributed by atoms with van der Waals surface area (Å²) in [6, 6.07) is 11.2. The van der Waals surface area contributed by atoms with Crippen LogP contribution in [0.2, 0.25) is 0 Å². The topological polar surface area (TPSA) is 96.1 Å². The summed E-state index contributed by atoms with van der Waals surface area (Å²) >= 11 is 0. The molecule has 134 valence electrons. The molecule has 3 rings (SSSR count). The van der Waals surface area contributed by atoms with Crippen LogP contribution in [0.25, 0.3) is 11.0 Å².